The van der Waals surface area contributed by atoms with Gasteiger partial charge in [0.05, 0.1) is 11.8 Å². The minimum absolute atomic E-state index is 0.0661. The molecule has 0 bridgehead atoms. The zero-order valence-corrected chi connectivity index (χ0v) is 20.2. The van der Waals surface area contributed by atoms with Crippen molar-refractivity contribution in [2.75, 3.05) is 0 Å². The van der Waals surface area contributed by atoms with Gasteiger partial charge in [-0.15, -0.1) is 0 Å². The number of hydrogen-bond acceptors (Lipinski definition) is 3. The van der Waals surface area contributed by atoms with E-state index in [9.17, 15) is 14.7 Å². The Morgan fingerprint density at radius 2 is 1.53 bits per heavy atom. The fraction of sp³-hybridized carbons (Fsp3) is 0.923. The summed E-state index contributed by atoms with van der Waals surface area (Å²) in [6.45, 7) is 8.88. The van der Waals surface area contributed by atoms with Crippen LogP contribution in [0.5, 0.6) is 0 Å². The third kappa shape index (κ3) is 9.39. The number of ether oxygens (including phenoxy) is 1. The first-order chi connectivity index (χ1) is 14.5. The molecular formula is C26H48O4. The van der Waals surface area contributed by atoms with Gasteiger partial charge in [-0.1, -0.05) is 91.9 Å². The minimum atomic E-state index is -0.838. The van der Waals surface area contributed by atoms with E-state index < -0.39 is 17.8 Å². The lowest BCUT2D eigenvalue weighted by Gasteiger charge is -2.33. The monoisotopic (exact) mass is 424 g/mol. The molecule has 5 atom stereocenters. The molecule has 176 valence electrons. The second kappa shape index (κ2) is 15.7. The zero-order valence-electron chi connectivity index (χ0n) is 20.2. The summed E-state index contributed by atoms with van der Waals surface area (Å²) in [7, 11) is 0. The van der Waals surface area contributed by atoms with Gasteiger partial charge in [-0.2, -0.15) is 0 Å². The molecule has 0 aromatic rings. The summed E-state index contributed by atoms with van der Waals surface area (Å²) in [5.74, 6) is -1.14. The van der Waals surface area contributed by atoms with Gasteiger partial charge >= 0.3 is 11.9 Å². The summed E-state index contributed by atoms with van der Waals surface area (Å²) in [5, 5.41) is 9.59. The highest BCUT2D eigenvalue weighted by Crippen LogP contribution is 2.34. The average Bonchev–Trinajstić information content (AvgIpc) is 2.74. The van der Waals surface area contributed by atoms with Crippen LogP contribution < -0.4 is 0 Å². The summed E-state index contributed by atoms with van der Waals surface area (Å²) in [5.41, 5.74) is 0. The van der Waals surface area contributed by atoms with Gasteiger partial charge in [0.2, 0.25) is 0 Å². The standard InChI is InChI=1S/C26H48O4/c1-5-9-11-15-20(14-7-3)19-24(21(8-4)16-10-6-2)30-26(29)23-18-13-12-17-22(23)25(27)28/h20-24H,5-19H2,1-4H3,(H,27,28). The number of aliphatic carboxylic acids is 1. The Balaban J connectivity index is 2.91. The molecular weight excluding hydrogens is 376 g/mol. The summed E-state index contributed by atoms with van der Waals surface area (Å²) in [6.07, 6.45) is 15.6. The number of esters is 1. The number of unbranched alkanes of at least 4 members (excludes halogenated alkanes) is 3. The molecule has 0 saturated heterocycles. The number of hydrogen-bond donors (Lipinski definition) is 1. The lowest BCUT2D eigenvalue weighted by Crippen LogP contribution is -2.38. The second-order valence-corrected chi connectivity index (χ2v) is 9.51. The van der Waals surface area contributed by atoms with E-state index in [1.807, 2.05) is 0 Å². The Labute approximate surface area is 185 Å². The number of carbonyl (C=O) groups excluding carboxylic acids is 1. The number of carboxylic acids is 1. The van der Waals surface area contributed by atoms with Crippen LogP contribution in [0, 0.1) is 23.7 Å². The highest BCUT2D eigenvalue weighted by molar-refractivity contribution is 5.81. The molecule has 1 aliphatic rings. The van der Waals surface area contributed by atoms with Crippen molar-refractivity contribution in [1.29, 1.82) is 0 Å². The quantitative estimate of drug-likeness (QED) is 0.207. The molecule has 1 aliphatic carbocycles. The molecule has 4 nitrogen and oxygen atoms in total. The van der Waals surface area contributed by atoms with Crippen molar-refractivity contribution >= 4 is 11.9 Å². The highest BCUT2D eigenvalue weighted by Gasteiger charge is 2.38. The number of carbonyl (C=O) groups is 2. The normalized spacial score (nSPS) is 22.3. The second-order valence-electron chi connectivity index (χ2n) is 9.51. The van der Waals surface area contributed by atoms with Gasteiger partial charge in [-0.05, 0) is 43.9 Å². The van der Waals surface area contributed by atoms with Crippen molar-refractivity contribution in [3.63, 3.8) is 0 Å². The van der Waals surface area contributed by atoms with Gasteiger partial charge in [0.25, 0.3) is 0 Å². The highest BCUT2D eigenvalue weighted by atomic mass is 16.5. The first kappa shape index (κ1) is 27.0. The van der Waals surface area contributed by atoms with Crippen LogP contribution in [0.25, 0.3) is 0 Å². The number of carboxylic acid groups (broad SMARTS) is 1. The van der Waals surface area contributed by atoms with Gasteiger partial charge in [0, 0.05) is 0 Å². The summed E-state index contributed by atoms with van der Waals surface area (Å²) < 4.78 is 6.20. The van der Waals surface area contributed by atoms with E-state index in [2.05, 4.69) is 27.7 Å². The van der Waals surface area contributed by atoms with Crippen LogP contribution in [0.2, 0.25) is 0 Å². The van der Waals surface area contributed by atoms with Gasteiger partial charge < -0.3 is 9.84 Å². The average molecular weight is 425 g/mol. The molecule has 0 aromatic heterocycles. The maximum atomic E-state index is 13.1. The summed E-state index contributed by atoms with van der Waals surface area (Å²) in [6, 6.07) is 0. The van der Waals surface area contributed by atoms with E-state index >= 15 is 0 Å². The molecule has 5 unspecified atom stereocenters. The minimum Gasteiger partial charge on any atom is -0.481 e. The molecule has 0 amide bonds. The first-order valence-electron chi connectivity index (χ1n) is 12.9. The zero-order chi connectivity index (χ0) is 22.4. The van der Waals surface area contributed by atoms with Crippen molar-refractivity contribution in [3.8, 4) is 0 Å². The van der Waals surface area contributed by atoms with Crippen molar-refractivity contribution in [3.05, 3.63) is 0 Å². The van der Waals surface area contributed by atoms with Crippen molar-refractivity contribution in [2.45, 2.75) is 130 Å². The molecule has 4 heteroatoms. The summed E-state index contributed by atoms with van der Waals surface area (Å²) in [4.78, 5) is 24.8. The van der Waals surface area contributed by atoms with E-state index in [4.69, 9.17) is 4.74 Å². The molecule has 0 spiro atoms. The molecule has 30 heavy (non-hydrogen) atoms. The Kier molecular flexibility index (Phi) is 14.1. The molecule has 1 saturated carbocycles. The van der Waals surface area contributed by atoms with Crippen LogP contribution in [0.4, 0.5) is 0 Å². The van der Waals surface area contributed by atoms with Crippen LogP contribution in [-0.2, 0) is 14.3 Å². The molecule has 0 radical (unpaired) electrons. The first-order valence-corrected chi connectivity index (χ1v) is 12.9. The summed E-state index contributed by atoms with van der Waals surface area (Å²) >= 11 is 0. The largest absolute Gasteiger partial charge is 0.481 e. The Morgan fingerprint density at radius 1 is 0.867 bits per heavy atom. The van der Waals surface area contributed by atoms with Gasteiger partial charge in [-0.25, -0.2) is 0 Å². The van der Waals surface area contributed by atoms with Gasteiger partial charge in [-0.3, -0.25) is 9.59 Å². The van der Waals surface area contributed by atoms with Crippen molar-refractivity contribution < 1.29 is 19.4 Å². The van der Waals surface area contributed by atoms with E-state index in [0.29, 0.717) is 24.7 Å². The fourth-order valence-electron chi connectivity index (χ4n) is 5.20. The van der Waals surface area contributed by atoms with E-state index in [-0.39, 0.29) is 12.1 Å². The third-order valence-electron chi connectivity index (χ3n) is 7.11. The third-order valence-corrected chi connectivity index (χ3v) is 7.11. The van der Waals surface area contributed by atoms with Crippen LogP contribution >= 0.6 is 0 Å². The number of rotatable bonds is 16. The Hall–Kier alpha value is -1.06. The lowest BCUT2D eigenvalue weighted by molar-refractivity contribution is -0.167. The van der Waals surface area contributed by atoms with Crippen LogP contribution in [0.1, 0.15) is 124 Å². The fourth-order valence-corrected chi connectivity index (χ4v) is 5.20. The molecule has 0 aromatic carbocycles. The van der Waals surface area contributed by atoms with Gasteiger partial charge in [0.1, 0.15) is 6.10 Å². The van der Waals surface area contributed by atoms with E-state index in [0.717, 1.165) is 51.4 Å². The lowest BCUT2D eigenvalue weighted by atomic mass is 9.79. The molecule has 0 heterocycles. The van der Waals surface area contributed by atoms with Crippen molar-refractivity contribution in [2.24, 2.45) is 23.7 Å². The maximum absolute atomic E-state index is 13.1. The molecule has 0 aliphatic heterocycles. The van der Waals surface area contributed by atoms with Crippen LogP contribution in [-0.4, -0.2) is 23.1 Å². The van der Waals surface area contributed by atoms with Gasteiger partial charge in [0.15, 0.2) is 0 Å². The molecule has 1 rings (SSSR count). The van der Waals surface area contributed by atoms with E-state index in [1.54, 1.807) is 0 Å². The maximum Gasteiger partial charge on any atom is 0.310 e. The SMILES string of the molecule is CCCCCC(CCC)CC(OC(=O)C1CCCCC1C(=O)O)C(CC)CCCC. The predicted molar refractivity (Wildman–Crippen MR) is 123 cm³/mol. The van der Waals surface area contributed by atoms with Crippen LogP contribution in [0.15, 0.2) is 0 Å². The molecule has 1 N–H and O–H groups in total. The topological polar surface area (TPSA) is 63.6 Å². The molecule has 1 fully saturated rings. The van der Waals surface area contributed by atoms with Crippen molar-refractivity contribution in [1.82, 2.24) is 0 Å². The predicted octanol–water partition coefficient (Wildman–Crippen LogP) is 7.39. The van der Waals surface area contributed by atoms with E-state index in [1.165, 1.54) is 32.1 Å². The Bertz CT molecular complexity index is 476. The van der Waals surface area contributed by atoms with Crippen LogP contribution in [0.3, 0.4) is 0 Å². The Morgan fingerprint density at radius 3 is 2.10 bits per heavy atom. The smallest absolute Gasteiger partial charge is 0.310 e.